The Bertz CT molecular complexity index is 199. The van der Waals surface area contributed by atoms with Crippen molar-refractivity contribution in [2.75, 3.05) is 19.8 Å². The number of piperidine rings is 1. The van der Waals surface area contributed by atoms with Gasteiger partial charge in [0.05, 0.1) is 6.61 Å². The third-order valence-electron chi connectivity index (χ3n) is 2.97. The molecule has 0 spiro atoms. The number of carbonyl (C=O) groups is 1. The summed E-state index contributed by atoms with van der Waals surface area (Å²) in [6.07, 6.45) is 3.43. The van der Waals surface area contributed by atoms with Crippen LogP contribution in [0.5, 0.6) is 0 Å². The van der Waals surface area contributed by atoms with Crippen molar-refractivity contribution in [3.8, 4) is 0 Å². The molecule has 1 amide bonds. The van der Waals surface area contributed by atoms with Gasteiger partial charge in [-0.3, -0.25) is 4.79 Å². The number of hydrogen-bond donors (Lipinski definition) is 1. The molecule has 2 unspecified atom stereocenters. The van der Waals surface area contributed by atoms with Crippen molar-refractivity contribution in [3.05, 3.63) is 0 Å². The Morgan fingerprint density at radius 3 is 2.53 bits per heavy atom. The molecule has 2 atom stereocenters. The van der Waals surface area contributed by atoms with E-state index in [2.05, 4.69) is 13.8 Å². The quantitative estimate of drug-likeness (QED) is 0.703. The Labute approximate surface area is 91.8 Å². The number of carbonyl (C=O) groups excluding carboxylic acids is 1. The molecule has 1 aliphatic heterocycles. The average molecular weight is 214 g/mol. The lowest BCUT2D eigenvalue weighted by atomic mass is 9.97. The van der Waals surface area contributed by atoms with E-state index in [1.807, 2.05) is 4.90 Å². The summed E-state index contributed by atoms with van der Waals surface area (Å²) in [6.45, 7) is 5.32. The number of rotatable bonds is 4. The van der Waals surface area contributed by atoms with E-state index in [-0.39, 0.29) is 12.5 Å². The third-order valence-corrected chi connectivity index (χ3v) is 2.97. The lowest BCUT2D eigenvalue weighted by Gasteiger charge is -2.39. The molecule has 0 aliphatic carbocycles. The fourth-order valence-corrected chi connectivity index (χ4v) is 2.23. The molecule has 88 valence electrons. The SMILES string of the molecule is CC1CCCC(C)N1C(=O)COCCN. The Balaban J connectivity index is 2.41. The number of nitrogens with zero attached hydrogens (tertiary/aromatic N) is 1. The largest absolute Gasteiger partial charge is 0.370 e. The first-order valence-corrected chi connectivity index (χ1v) is 5.75. The zero-order valence-corrected chi connectivity index (χ0v) is 9.74. The van der Waals surface area contributed by atoms with Crippen LogP contribution in [0, 0.1) is 0 Å². The van der Waals surface area contributed by atoms with Crippen LogP contribution in [0.15, 0.2) is 0 Å². The highest BCUT2D eigenvalue weighted by atomic mass is 16.5. The fraction of sp³-hybridized carbons (Fsp3) is 0.909. The molecule has 1 aliphatic rings. The van der Waals surface area contributed by atoms with Crippen LogP contribution in [-0.4, -0.2) is 42.6 Å². The van der Waals surface area contributed by atoms with Gasteiger partial charge in [0.15, 0.2) is 0 Å². The van der Waals surface area contributed by atoms with Gasteiger partial charge in [0.1, 0.15) is 6.61 Å². The molecule has 0 radical (unpaired) electrons. The van der Waals surface area contributed by atoms with Crippen LogP contribution in [0.1, 0.15) is 33.1 Å². The maximum Gasteiger partial charge on any atom is 0.249 e. The zero-order valence-electron chi connectivity index (χ0n) is 9.74. The number of amides is 1. The minimum atomic E-state index is 0.100. The van der Waals surface area contributed by atoms with E-state index in [1.54, 1.807) is 0 Å². The predicted octanol–water partition coefficient (Wildman–Crippen LogP) is 0.751. The van der Waals surface area contributed by atoms with Crippen LogP contribution in [0.3, 0.4) is 0 Å². The van der Waals surface area contributed by atoms with E-state index in [0.29, 0.717) is 25.2 Å². The molecule has 0 bridgehead atoms. The van der Waals surface area contributed by atoms with Gasteiger partial charge in [-0.2, -0.15) is 0 Å². The van der Waals surface area contributed by atoms with Crippen LogP contribution >= 0.6 is 0 Å². The molecule has 0 aromatic rings. The van der Waals surface area contributed by atoms with Gasteiger partial charge in [0, 0.05) is 18.6 Å². The molecule has 0 saturated carbocycles. The highest BCUT2D eigenvalue weighted by Gasteiger charge is 2.28. The highest BCUT2D eigenvalue weighted by Crippen LogP contribution is 2.22. The van der Waals surface area contributed by atoms with Gasteiger partial charge in [0.25, 0.3) is 0 Å². The first kappa shape index (κ1) is 12.5. The molecule has 1 saturated heterocycles. The van der Waals surface area contributed by atoms with Crippen LogP contribution in [0.4, 0.5) is 0 Å². The van der Waals surface area contributed by atoms with Crippen LogP contribution in [0.25, 0.3) is 0 Å². The van der Waals surface area contributed by atoms with Crippen LogP contribution in [-0.2, 0) is 9.53 Å². The second-order valence-electron chi connectivity index (χ2n) is 4.27. The van der Waals surface area contributed by atoms with Gasteiger partial charge >= 0.3 is 0 Å². The van der Waals surface area contributed by atoms with Crippen LogP contribution < -0.4 is 5.73 Å². The number of likely N-dealkylation sites (tertiary alicyclic amines) is 1. The summed E-state index contributed by atoms with van der Waals surface area (Å²) in [5.41, 5.74) is 5.30. The maximum atomic E-state index is 11.9. The molecule has 1 fully saturated rings. The summed E-state index contributed by atoms with van der Waals surface area (Å²) >= 11 is 0. The molecule has 4 nitrogen and oxygen atoms in total. The molecule has 4 heteroatoms. The van der Waals surface area contributed by atoms with E-state index in [9.17, 15) is 4.79 Å². The van der Waals surface area contributed by atoms with Crippen molar-refractivity contribution < 1.29 is 9.53 Å². The Hall–Kier alpha value is -0.610. The Kier molecular flexibility index (Phi) is 5.05. The normalized spacial score (nSPS) is 26.7. The van der Waals surface area contributed by atoms with E-state index in [1.165, 1.54) is 6.42 Å². The smallest absolute Gasteiger partial charge is 0.249 e. The molecule has 2 N–H and O–H groups in total. The first-order chi connectivity index (χ1) is 7.16. The Morgan fingerprint density at radius 1 is 1.40 bits per heavy atom. The van der Waals surface area contributed by atoms with Crippen molar-refractivity contribution in [2.45, 2.75) is 45.2 Å². The van der Waals surface area contributed by atoms with Crippen molar-refractivity contribution in [2.24, 2.45) is 5.73 Å². The second-order valence-corrected chi connectivity index (χ2v) is 4.27. The fourth-order valence-electron chi connectivity index (χ4n) is 2.23. The lowest BCUT2D eigenvalue weighted by Crippen LogP contribution is -2.49. The molecule has 1 rings (SSSR count). The summed E-state index contributed by atoms with van der Waals surface area (Å²) in [5, 5.41) is 0. The standard InChI is InChI=1S/C11H22N2O2/c1-9-4-3-5-10(2)13(9)11(14)8-15-7-6-12/h9-10H,3-8,12H2,1-2H3. The summed E-state index contributed by atoms with van der Waals surface area (Å²) in [7, 11) is 0. The van der Waals surface area contributed by atoms with Crippen LogP contribution in [0.2, 0.25) is 0 Å². The minimum Gasteiger partial charge on any atom is -0.370 e. The maximum absolute atomic E-state index is 11.9. The summed E-state index contributed by atoms with van der Waals surface area (Å²) in [5.74, 6) is 0.100. The number of nitrogens with two attached hydrogens (primary N) is 1. The number of hydrogen-bond acceptors (Lipinski definition) is 3. The summed E-state index contributed by atoms with van der Waals surface area (Å²) in [4.78, 5) is 13.8. The Morgan fingerprint density at radius 2 is 2.00 bits per heavy atom. The van der Waals surface area contributed by atoms with E-state index >= 15 is 0 Å². The van der Waals surface area contributed by atoms with Gasteiger partial charge < -0.3 is 15.4 Å². The highest BCUT2D eigenvalue weighted by molar-refractivity contribution is 5.78. The van der Waals surface area contributed by atoms with Gasteiger partial charge in [0.2, 0.25) is 5.91 Å². The molecule has 0 aromatic heterocycles. The molecule has 1 heterocycles. The number of ether oxygens (including phenoxy) is 1. The van der Waals surface area contributed by atoms with Gasteiger partial charge in [-0.1, -0.05) is 0 Å². The van der Waals surface area contributed by atoms with E-state index < -0.39 is 0 Å². The van der Waals surface area contributed by atoms with Gasteiger partial charge in [-0.05, 0) is 33.1 Å². The van der Waals surface area contributed by atoms with Gasteiger partial charge in [-0.15, -0.1) is 0 Å². The predicted molar refractivity (Wildman–Crippen MR) is 59.5 cm³/mol. The topological polar surface area (TPSA) is 55.6 Å². The average Bonchev–Trinajstić information content (AvgIpc) is 2.18. The molecule has 15 heavy (non-hydrogen) atoms. The minimum absolute atomic E-state index is 0.100. The lowest BCUT2D eigenvalue weighted by molar-refractivity contribution is -0.142. The van der Waals surface area contributed by atoms with Gasteiger partial charge in [-0.25, -0.2) is 0 Å². The zero-order chi connectivity index (χ0) is 11.3. The third kappa shape index (κ3) is 3.47. The molecular weight excluding hydrogens is 192 g/mol. The van der Waals surface area contributed by atoms with Crippen molar-refractivity contribution in [3.63, 3.8) is 0 Å². The first-order valence-electron chi connectivity index (χ1n) is 5.75. The summed E-state index contributed by atoms with van der Waals surface area (Å²) in [6, 6.07) is 0.699. The second kappa shape index (κ2) is 6.08. The molecule has 0 aromatic carbocycles. The van der Waals surface area contributed by atoms with Crippen molar-refractivity contribution in [1.82, 2.24) is 4.90 Å². The van der Waals surface area contributed by atoms with Crippen molar-refractivity contribution >= 4 is 5.91 Å². The summed E-state index contributed by atoms with van der Waals surface area (Å²) < 4.78 is 5.18. The van der Waals surface area contributed by atoms with E-state index in [0.717, 1.165) is 12.8 Å². The van der Waals surface area contributed by atoms with E-state index in [4.69, 9.17) is 10.5 Å². The monoisotopic (exact) mass is 214 g/mol. The molecular formula is C11H22N2O2. The van der Waals surface area contributed by atoms with Crippen molar-refractivity contribution in [1.29, 1.82) is 0 Å².